The van der Waals surface area contributed by atoms with Crippen LogP contribution >= 0.6 is 0 Å². The Kier molecular flexibility index (Phi) is 7.21. The van der Waals surface area contributed by atoms with Gasteiger partial charge >= 0.3 is 5.97 Å². The maximum absolute atomic E-state index is 10.4. The molecule has 1 N–H and O–H groups in total. The van der Waals surface area contributed by atoms with Crippen LogP contribution in [0.15, 0.2) is 0 Å². The van der Waals surface area contributed by atoms with Crippen molar-refractivity contribution in [2.75, 3.05) is 26.2 Å². The third-order valence-corrected chi connectivity index (χ3v) is 3.31. The summed E-state index contributed by atoms with van der Waals surface area (Å²) in [6, 6.07) is 0. The first kappa shape index (κ1) is 14.5. The molecule has 0 saturated carbocycles. The van der Waals surface area contributed by atoms with Crippen LogP contribution in [0.25, 0.3) is 0 Å². The Hall–Kier alpha value is -0.610. The first-order chi connectivity index (χ1) is 8.22. The molecule has 0 atom stereocenters. The van der Waals surface area contributed by atoms with Crippen molar-refractivity contribution in [2.24, 2.45) is 0 Å². The molecule has 1 aliphatic rings. The van der Waals surface area contributed by atoms with Crippen molar-refractivity contribution in [3.63, 3.8) is 0 Å². The number of likely N-dealkylation sites (tertiary alicyclic amines) is 1. The van der Waals surface area contributed by atoms with Gasteiger partial charge in [-0.3, -0.25) is 0 Å². The summed E-state index contributed by atoms with van der Waals surface area (Å²) in [5.41, 5.74) is 0. The van der Waals surface area contributed by atoms with E-state index in [-0.39, 0.29) is 12.7 Å². The smallest absolute Gasteiger partial charge is 0.329 e. The Morgan fingerprint density at radius 2 is 2.00 bits per heavy atom. The third-order valence-electron chi connectivity index (χ3n) is 3.31. The van der Waals surface area contributed by atoms with Gasteiger partial charge in [0.25, 0.3) is 0 Å². The summed E-state index contributed by atoms with van der Waals surface area (Å²) in [5, 5.41) is 8.53. The molecular formula is C13H25NO3. The van der Waals surface area contributed by atoms with Crippen molar-refractivity contribution in [1.82, 2.24) is 4.90 Å². The van der Waals surface area contributed by atoms with Gasteiger partial charge in [0.2, 0.25) is 0 Å². The van der Waals surface area contributed by atoms with E-state index in [9.17, 15) is 4.79 Å². The largest absolute Gasteiger partial charge is 0.480 e. The highest BCUT2D eigenvalue weighted by Crippen LogP contribution is 2.14. The van der Waals surface area contributed by atoms with Gasteiger partial charge in [-0.05, 0) is 25.8 Å². The van der Waals surface area contributed by atoms with E-state index in [0.29, 0.717) is 0 Å². The van der Waals surface area contributed by atoms with E-state index in [4.69, 9.17) is 9.84 Å². The minimum atomic E-state index is -0.869. The molecule has 0 amide bonds. The number of nitrogens with zero attached hydrogens (tertiary/aromatic N) is 1. The lowest BCUT2D eigenvalue weighted by molar-refractivity contribution is -0.145. The summed E-state index contributed by atoms with van der Waals surface area (Å²) < 4.78 is 5.31. The zero-order valence-electron chi connectivity index (χ0n) is 10.9. The van der Waals surface area contributed by atoms with Crippen LogP contribution in [0.3, 0.4) is 0 Å². The number of unbranched alkanes of at least 4 members (excludes halogenated alkanes) is 3. The van der Waals surface area contributed by atoms with E-state index in [1.54, 1.807) is 0 Å². The summed E-state index contributed by atoms with van der Waals surface area (Å²) in [7, 11) is 0. The second-order valence-corrected chi connectivity index (χ2v) is 4.81. The molecule has 4 heteroatoms. The average molecular weight is 243 g/mol. The summed E-state index contributed by atoms with van der Waals surface area (Å²) in [6.45, 7) is 5.37. The number of carboxylic acids is 1. The molecule has 0 radical (unpaired) electrons. The molecule has 4 nitrogen and oxygen atoms in total. The molecule has 1 aliphatic heterocycles. The Labute approximate surface area is 104 Å². The standard InChI is InChI=1S/C13H25NO3/c1-2-3-4-5-8-14-9-6-12(7-10-14)17-11-13(15)16/h12H,2-11H2,1H3,(H,15,16). The van der Waals surface area contributed by atoms with Crippen molar-refractivity contribution in [2.45, 2.75) is 51.6 Å². The molecule has 1 rings (SSSR count). The molecule has 100 valence electrons. The first-order valence-corrected chi connectivity index (χ1v) is 6.78. The fourth-order valence-corrected chi connectivity index (χ4v) is 2.25. The van der Waals surface area contributed by atoms with Crippen LogP contribution < -0.4 is 0 Å². The second-order valence-electron chi connectivity index (χ2n) is 4.81. The molecule has 0 aromatic heterocycles. The quantitative estimate of drug-likeness (QED) is 0.663. The van der Waals surface area contributed by atoms with Gasteiger partial charge in [0.15, 0.2) is 0 Å². The molecule has 0 aromatic rings. The van der Waals surface area contributed by atoms with Crippen LogP contribution in [-0.4, -0.2) is 48.3 Å². The van der Waals surface area contributed by atoms with Crippen molar-refractivity contribution in [3.8, 4) is 0 Å². The molecule has 0 spiro atoms. The number of carboxylic acid groups (broad SMARTS) is 1. The monoisotopic (exact) mass is 243 g/mol. The van der Waals surface area contributed by atoms with Crippen molar-refractivity contribution < 1.29 is 14.6 Å². The minimum Gasteiger partial charge on any atom is -0.480 e. The highest BCUT2D eigenvalue weighted by molar-refractivity contribution is 5.68. The van der Waals surface area contributed by atoms with Gasteiger partial charge in [-0.2, -0.15) is 0 Å². The van der Waals surface area contributed by atoms with Gasteiger partial charge in [-0.1, -0.05) is 26.2 Å². The molecular weight excluding hydrogens is 218 g/mol. The van der Waals surface area contributed by atoms with Gasteiger partial charge in [0, 0.05) is 13.1 Å². The zero-order chi connectivity index (χ0) is 12.5. The summed E-state index contributed by atoms with van der Waals surface area (Å²) in [5.74, 6) is -0.869. The normalized spacial score (nSPS) is 18.4. The maximum Gasteiger partial charge on any atom is 0.329 e. The molecule has 1 saturated heterocycles. The van der Waals surface area contributed by atoms with Gasteiger partial charge in [-0.15, -0.1) is 0 Å². The van der Waals surface area contributed by atoms with Gasteiger partial charge in [0.1, 0.15) is 6.61 Å². The van der Waals surface area contributed by atoms with Crippen LogP contribution in [-0.2, 0) is 9.53 Å². The average Bonchev–Trinajstić information content (AvgIpc) is 2.33. The van der Waals surface area contributed by atoms with E-state index in [1.807, 2.05) is 0 Å². The predicted molar refractivity (Wildman–Crippen MR) is 67.2 cm³/mol. The number of aliphatic carboxylic acids is 1. The Morgan fingerprint density at radius 3 is 2.59 bits per heavy atom. The van der Waals surface area contributed by atoms with E-state index < -0.39 is 5.97 Å². The van der Waals surface area contributed by atoms with Gasteiger partial charge < -0.3 is 14.7 Å². The Balaban J connectivity index is 2.03. The van der Waals surface area contributed by atoms with Crippen molar-refractivity contribution >= 4 is 5.97 Å². The SMILES string of the molecule is CCCCCCN1CCC(OCC(=O)O)CC1. The van der Waals surface area contributed by atoms with Crippen molar-refractivity contribution in [1.29, 1.82) is 0 Å². The third kappa shape index (κ3) is 6.64. The van der Waals surface area contributed by atoms with Crippen LogP contribution in [0, 0.1) is 0 Å². The highest BCUT2D eigenvalue weighted by Gasteiger charge is 2.19. The summed E-state index contributed by atoms with van der Waals surface area (Å²) >= 11 is 0. The lowest BCUT2D eigenvalue weighted by Crippen LogP contribution is -2.38. The van der Waals surface area contributed by atoms with Crippen LogP contribution in [0.5, 0.6) is 0 Å². The highest BCUT2D eigenvalue weighted by atomic mass is 16.5. The van der Waals surface area contributed by atoms with Crippen molar-refractivity contribution in [3.05, 3.63) is 0 Å². The fraction of sp³-hybridized carbons (Fsp3) is 0.923. The number of piperidine rings is 1. The molecule has 0 aromatic carbocycles. The van der Waals surface area contributed by atoms with E-state index in [2.05, 4.69) is 11.8 Å². The Bertz CT molecular complexity index is 213. The zero-order valence-corrected chi connectivity index (χ0v) is 10.9. The maximum atomic E-state index is 10.4. The fourth-order valence-electron chi connectivity index (χ4n) is 2.25. The van der Waals surface area contributed by atoms with Gasteiger partial charge in [-0.25, -0.2) is 4.79 Å². The van der Waals surface area contributed by atoms with Gasteiger partial charge in [0.05, 0.1) is 6.10 Å². The summed E-state index contributed by atoms with van der Waals surface area (Å²) in [6.07, 6.45) is 7.32. The molecule has 0 unspecified atom stereocenters. The topological polar surface area (TPSA) is 49.8 Å². The van der Waals surface area contributed by atoms with Crippen LogP contribution in [0.1, 0.15) is 45.4 Å². The number of hydrogen-bond donors (Lipinski definition) is 1. The molecule has 0 bridgehead atoms. The number of hydrogen-bond acceptors (Lipinski definition) is 3. The lowest BCUT2D eigenvalue weighted by atomic mass is 10.1. The second kappa shape index (κ2) is 8.48. The Morgan fingerprint density at radius 1 is 1.29 bits per heavy atom. The molecule has 0 aliphatic carbocycles. The van der Waals surface area contributed by atoms with E-state index in [0.717, 1.165) is 25.9 Å². The lowest BCUT2D eigenvalue weighted by Gasteiger charge is -2.31. The number of rotatable bonds is 8. The first-order valence-electron chi connectivity index (χ1n) is 6.78. The van der Waals surface area contributed by atoms with Crippen LogP contribution in [0.4, 0.5) is 0 Å². The number of ether oxygens (including phenoxy) is 1. The predicted octanol–water partition coefficient (Wildman–Crippen LogP) is 2.13. The van der Waals surface area contributed by atoms with Crippen LogP contribution in [0.2, 0.25) is 0 Å². The number of carbonyl (C=O) groups is 1. The molecule has 17 heavy (non-hydrogen) atoms. The summed E-state index contributed by atoms with van der Waals surface area (Å²) in [4.78, 5) is 12.8. The van der Waals surface area contributed by atoms with E-state index >= 15 is 0 Å². The minimum absolute atomic E-state index is 0.151. The molecule has 1 fully saturated rings. The molecule has 1 heterocycles. The van der Waals surface area contributed by atoms with E-state index in [1.165, 1.54) is 32.2 Å².